The predicted molar refractivity (Wildman–Crippen MR) is 162 cm³/mol. The molecule has 0 radical (unpaired) electrons. The molecule has 0 spiro atoms. The number of ether oxygens (including phenoxy) is 2. The van der Waals surface area contributed by atoms with E-state index in [1.165, 1.54) is 9.80 Å². The van der Waals surface area contributed by atoms with Crippen LogP contribution in [0.5, 0.6) is 11.5 Å². The summed E-state index contributed by atoms with van der Waals surface area (Å²) in [7, 11) is 0. The van der Waals surface area contributed by atoms with E-state index in [1.54, 1.807) is 48.7 Å². The smallest absolute Gasteiger partial charge is 0.299 e. The molecule has 0 bridgehead atoms. The molecule has 1 aromatic heterocycles. The molecule has 3 heterocycles. The maximum absolute atomic E-state index is 14.3. The van der Waals surface area contributed by atoms with Gasteiger partial charge in [-0.25, -0.2) is 0 Å². The topological polar surface area (TPSA) is 121 Å². The minimum atomic E-state index is -1.12. The number of carbonyl (C=O) groups excluding carboxylic acids is 4. The summed E-state index contributed by atoms with van der Waals surface area (Å²) in [6.45, 7) is -0.272. The second kappa shape index (κ2) is 11.1. The van der Waals surface area contributed by atoms with E-state index in [-0.39, 0.29) is 18.9 Å². The van der Waals surface area contributed by atoms with Crippen LogP contribution in [0.1, 0.15) is 27.5 Å². The maximum atomic E-state index is 14.3. The molecule has 1 atom stereocenters. The van der Waals surface area contributed by atoms with Crippen LogP contribution in [0, 0.1) is 0 Å². The Bertz CT molecular complexity index is 1930. The molecule has 5 aromatic rings. The molecule has 0 saturated heterocycles. The average Bonchev–Trinajstić information content (AvgIpc) is 3.75. The number of nitrogens with zero attached hydrogens (tertiary/aromatic N) is 2. The number of amides is 3. The second-order valence-electron chi connectivity index (χ2n) is 10.5. The number of benzene rings is 4. The number of ketones is 1. The minimum absolute atomic E-state index is 0.0655. The Balaban J connectivity index is 1.30. The SMILES string of the molecule is O=C1C(=O)N(CC(=O)N(Cc2ccccc2)C(C(=O)Nc2ccc3c(c2)OCO3)c2c[nH]c3ccccc23)c2ccccc21. The lowest BCUT2D eigenvalue weighted by molar-refractivity contribution is -0.139. The quantitative estimate of drug-likeness (QED) is 0.251. The summed E-state index contributed by atoms with van der Waals surface area (Å²) < 4.78 is 10.9. The Kier molecular flexibility index (Phi) is 6.78. The Morgan fingerprint density at radius 1 is 0.886 bits per heavy atom. The van der Waals surface area contributed by atoms with E-state index in [4.69, 9.17) is 9.47 Å². The van der Waals surface area contributed by atoms with E-state index in [2.05, 4.69) is 10.3 Å². The molecule has 0 fully saturated rings. The second-order valence-corrected chi connectivity index (χ2v) is 10.5. The number of anilines is 2. The molecule has 10 heteroatoms. The molecule has 3 amide bonds. The number of para-hydroxylation sites is 2. The average molecular weight is 587 g/mol. The lowest BCUT2D eigenvalue weighted by Crippen LogP contribution is -2.46. The van der Waals surface area contributed by atoms with Gasteiger partial charge in [-0.1, -0.05) is 60.7 Å². The summed E-state index contributed by atoms with van der Waals surface area (Å²) in [5, 5.41) is 3.72. The molecule has 2 aliphatic heterocycles. The van der Waals surface area contributed by atoms with Gasteiger partial charge in [0.05, 0.1) is 11.3 Å². The van der Waals surface area contributed by atoms with Gasteiger partial charge in [0.1, 0.15) is 12.6 Å². The van der Waals surface area contributed by atoms with Gasteiger partial charge in [-0.05, 0) is 35.9 Å². The van der Waals surface area contributed by atoms with Crippen molar-refractivity contribution in [2.45, 2.75) is 12.6 Å². The van der Waals surface area contributed by atoms with Crippen molar-refractivity contribution in [2.24, 2.45) is 0 Å². The monoisotopic (exact) mass is 586 g/mol. The summed E-state index contributed by atoms with van der Waals surface area (Å²) in [6, 6.07) is 27.3. The first-order valence-electron chi connectivity index (χ1n) is 14.0. The molecule has 0 saturated carbocycles. The van der Waals surface area contributed by atoms with Crippen LogP contribution in [0.15, 0.2) is 103 Å². The van der Waals surface area contributed by atoms with E-state index in [0.717, 1.165) is 16.5 Å². The van der Waals surface area contributed by atoms with Gasteiger partial charge >= 0.3 is 0 Å². The fourth-order valence-electron chi connectivity index (χ4n) is 5.69. The standard InChI is InChI=1S/C34H26N4O6/c39-30(19-37-27-13-7-5-11-24(27)32(40)34(37)42)38(18-21-8-2-1-3-9-21)31(25-17-35-26-12-6-4-10-23(25)26)33(41)36-22-14-15-28-29(16-22)44-20-43-28/h1-17,31,35H,18-20H2,(H,36,41). The zero-order chi connectivity index (χ0) is 30.2. The number of Topliss-reactive ketones (excluding diaryl/α,β-unsaturated/α-hetero) is 1. The van der Waals surface area contributed by atoms with Gasteiger partial charge in [0.15, 0.2) is 11.5 Å². The maximum Gasteiger partial charge on any atom is 0.299 e. The van der Waals surface area contributed by atoms with Crippen molar-refractivity contribution in [1.82, 2.24) is 9.88 Å². The molecular formula is C34H26N4O6. The highest BCUT2D eigenvalue weighted by Crippen LogP contribution is 2.36. The lowest BCUT2D eigenvalue weighted by Gasteiger charge is -2.32. The third-order valence-corrected chi connectivity index (χ3v) is 7.80. The van der Waals surface area contributed by atoms with Crippen molar-refractivity contribution < 1.29 is 28.7 Å². The minimum Gasteiger partial charge on any atom is -0.454 e. The van der Waals surface area contributed by atoms with Crippen molar-refractivity contribution in [3.63, 3.8) is 0 Å². The predicted octanol–water partition coefficient (Wildman–Crippen LogP) is 4.83. The van der Waals surface area contributed by atoms with Crippen LogP contribution < -0.4 is 19.7 Å². The van der Waals surface area contributed by atoms with Crippen molar-refractivity contribution in [1.29, 1.82) is 0 Å². The van der Waals surface area contributed by atoms with Gasteiger partial charge in [-0.15, -0.1) is 0 Å². The van der Waals surface area contributed by atoms with Gasteiger partial charge in [0, 0.05) is 41.0 Å². The summed E-state index contributed by atoms with van der Waals surface area (Å²) in [5.74, 6) is -1.36. The Morgan fingerprint density at radius 3 is 2.50 bits per heavy atom. The number of hydrogen-bond donors (Lipinski definition) is 2. The van der Waals surface area contributed by atoms with E-state index >= 15 is 0 Å². The van der Waals surface area contributed by atoms with Gasteiger partial charge in [0.2, 0.25) is 12.7 Å². The number of carbonyl (C=O) groups is 4. The van der Waals surface area contributed by atoms with E-state index in [1.807, 2.05) is 54.6 Å². The molecule has 0 aliphatic carbocycles. The van der Waals surface area contributed by atoms with Crippen molar-refractivity contribution >= 4 is 45.8 Å². The highest BCUT2D eigenvalue weighted by molar-refractivity contribution is 6.52. The number of H-pyrrole nitrogens is 1. The summed E-state index contributed by atoms with van der Waals surface area (Å²) >= 11 is 0. The molecule has 2 N–H and O–H groups in total. The third-order valence-electron chi connectivity index (χ3n) is 7.80. The number of aromatic nitrogens is 1. The Morgan fingerprint density at radius 2 is 1.64 bits per heavy atom. The molecular weight excluding hydrogens is 560 g/mol. The van der Waals surface area contributed by atoms with Crippen LogP contribution in [0.3, 0.4) is 0 Å². The number of fused-ring (bicyclic) bond motifs is 3. The van der Waals surface area contributed by atoms with Crippen molar-refractivity contribution in [2.75, 3.05) is 23.6 Å². The Hall–Kier alpha value is -5.90. The van der Waals surface area contributed by atoms with Crippen LogP contribution in [-0.2, 0) is 20.9 Å². The van der Waals surface area contributed by atoms with Crippen LogP contribution in [0.25, 0.3) is 10.9 Å². The van der Waals surface area contributed by atoms with Crippen LogP contribution in [0.4, 0.5) is 11.4 Å². The lowest BCUT2D eigenvalue weighted by atomic mass is 10.0. The molecule has 1 unspecified atom stereocenters. The molecule has 2 aliphatic rings. The molecule has 4 aromatic carbocycles. The van der Waals surface area contributed by atoms with E-state index < -0.39 is 36.1 Å². The van der Waals surface area contributed by atoms with Gasteiger partial charge < -0.3 is 24.7 Å². The fraction of sp³-hybridized carbons (Fsp3) is 0.118. The van der Waals surface area contributed by atoms with Gasteiger partial charge in [-0.3, -0.25) is 24.1 Å². The summed E-state index contributed by atoms with van der Waals surface area (Å²) in [4.78, 5) is 60.2. The molecule has 218 valence electrons. The summed E-state index contributed by atoms with van der Waals surface area (Å²) in [5.41, 5.74) is 3.23. The zero-order valence-electron chi connectivity index (χ0n) is 23.4. The van der Waals surface area contributed by atoms with Gasteiger partial charge in [0.25, 0.3) is 17.6 Å². The first kappa shape index (κ1) is 27.0. The molecule has 10 nitrogen and oxygen atoms in total. The number of rotatable bonds is 8. The molecule has 7 rings (SSSR count). The fourth-order valence-corrected chi connectivity index (χ4v) is 5.69. The van der Waals surface area contributed by atoms with Crippen molar-refractivity contribution in [3.8, 4) is 11.5 Å². The summed E-state index contributed by atoms with van der Waals surface area (Å²) in [6.07, 6.45) is 1.72. The van der Waals surface area contributed by atoms with Crippen LogP contribution >= 0.6 is 0 Å². The zero-order valence-corrected chi connectivity index (χ0v) is 23.4. The molecule has 44 heavy (non-hydrogen) atoms. The highest BCUT2D eigenvalue weighted by Gasteiger charge is 2.40. The first-order valence-corrected chi connectivity index (χ1v) is 14.0. The number of nitrogens with one attached hydrogen (secondary N) is 2. The van der Waals surface area contributed by atoms with Crippen molar-refractivity contribution in [3.05, 3.63) is 120 Å². The first-order chi connectivity index (χ1) is 21.5. The van der Waals surface area contributed by atoms with Crippen LogP contribution in [-0.4, -0.2) is 46.7 Å². The number of aromatic amines is 1. The number of hydrogen-bond acceptors (Lipinski definition) is 6. The van der Waals surface area contributed by atoms with Gasteiger partial charge in [-0.2, -0.15) is 0 Å². The Labute approximate surface area is 251 Å². The highest BCUT2D eigenvalue weighted by atomic mass is 16.7. The normalized spacial score (nSPS) is 14.0. The van der Waals surface area contributed by atoms with E-state index in [9.17, 15) is 19.2 Å². The third kappa shape index (κ3) is 4.82. The largest absolute Gasteiger partial charge is 0.454 e. The van der Waals surface area contributed by atoms with E-state index in [0.29, 0.717) is 28.4 Å². The van der Waals surface area contributed by atoms with Crippen LogP contribution in [0.2, 0.25) is 0 Å².